The first-order valence-electron chi connectivity index (χ1n) is 12.4. The van der Waals surface area contributed by atoms with Crippen LogP contribution in [-0.4, -0.2) is 37.2 Å². The molecule has 1 unspecified atom stereocenters. The number of benzene rings is 4. The van der Waals surface area contributed by atoms with Gasteiger partial charge in [0.05, 0.1) is 12.2 Å². The maximum atomic E-state index is 14.9. The number of esters is 1. The second kappa shape index (κ2) is 12.5. The minimum absolute atomic E-state index is 0.0539. The summed E-state index contributed by atoms with van der Waals surface area (Å²) >= 11 is 0. The molecule has 0 spiro atoms. The highest BCUT2D eigenvalue weighted by atomic mass is 19.3. The predicted octanol–water partition coefficient (Wildman–Crippen LogP) is 6.42. The van der Waals surface area contributed by atoms with E-state index in [1.54, 1.807) is 18.2 Å². The monoisotopic (exact) mass is 530 g/mol. The zero-order valence-electron chi connectivity index (χ0n) is 21.3. The molecule has 0 aliphatic rings. The lowest BCUT2D eigenvalue weighted by atomic mass is 9.80. The SMILES string of the molecule is CC(F)(F)C(OC(=O)c1ccccc1)[C@@H](COC(c1ccccc1)(c1ccccc1)c1ccccc1)OC=O. The number of hydrogen-bond acceptors (Lipinski definition) is 5. The van der Waals surface area contributed by atoms with Crippen molar-refractivity contribution in [1.82, 2.24) is 0 Å². The number of halogens is 2. The molecule has 0 bridgehead atoms. The molecule has 0 fully saturated rings. The Kier molecular flexibility index (Phi) is 8.84. The molecule has 4 aromatic carbocycles. The van der Waals surface area contributed by atoms with Crippen LogP contribution in [0.25, 0.3) is 0 Å². The van der Waals surface area contributed by atoms with Gasteiger partial charge in [-0.2, -0.15) is 0 Å². The molecule has 5 nitrogen and oxygen atoms in total. The molecule has 0 aliphatic heterocycles. The van der Waals surface area contributed by atoms with Gasteiger partial charge in [0.25, 0.3) is 12.4 Å². The highest BCUT2D eigenvalue weighted by molar-refractivity contribution is 5.89. The van der Waals surface area contributed by atoms with Gasteiger partial charge in [-0.15, -0.1) is 0 Å². The van der Waals surface area contributed by atoms with E-state index < -0.39 is 36.3 Å². The molecule has 2 atom stereocenters. The molecule has 0 amide bonds. The van der Waals surface area contributed by atoms with Crippen LogP contribution in [0.15, 0.2) is 121 Å². The predicted molar refractivity (Wildman–Crippen MR) is 142 cm³/mol. The fourth-order valence-electron chi connectivity index (χ4n) is 4.51. The summed E-state index contributed by atoms with van der Waals surface area (Å²) < 4.78 is 46.7. The molecule has 0 heterocycles. The number of ether oxygens (including phenoxy) is 3. The van der Waals surface area contributed by atoms with Gasteiger partial charge in [-0.1, -0.05) is 109 Å². The fourth-order valence-corrected chi connectivity index (χ4v) is 4.51. The molecule has 0 aromatic heterocycles. The standard InChI is InChI=1S/C32H28F2O5/c1-31(33,34)29(39-30(36)24-14-6-2-7-15-24)28(37-23-35)22-38-32(25-16-8-3-9-17-25,26-18-10-4-11-19-26)27-20-12-5-13-21-27/h2-21,23,28-29H,22H2,1H3/t28-,29?/m1/s1. The van der Waals surface area contributed by atoms with Gasteiger partial charge in [-0.05, 0) is 28.8 Å². The summed E-state index contributed by atoms with van der Waals surface area (Å²) in [6.45, 7) is 0.155. The first-order chi connectivity index (χ1) is 18.9. The molecule has 0 radical (unpaired) electrons. The van der Waals surface area contributed by atoms with E-state index in [2.05, 4.69) is 0 Å². The number of carbonyl (C=O) groups excluding carboxylic acids is 2. The smallest absolute Gasteiger partial charge is 0.338 e. The Morgan fingerprint density at radius 1 is 0.744 bits per heavy atom. The average Bonchev–Trinajstić information content (AvgIpc) is 2.97. The molecular weight excluding hydrogens is 502 g/mol. The zero-order chi connectivity index (χ0) is 27.7. The first kappa shape index (κ1) is 27.7. The van der Waals surface area contributed by atoms with Crippen molar-refractivity contribution < 1.29 is 32.6 Å². The third kappa shape index (κ3) is 6.38. The summed E-state index contributed by atoms with van der Waals surface area (Å²) in [4.78, 5) is 24.2. The topological polar surface area (TPSA) is 61.8 Å². The van der Waals surface area contributed by atoms with Crippen molar-refractivity contribution in [2.45, 2.75) is 30.7 Å². The maximum absolute atomic E-state index is 14.9. The van der Waals surface area contributed by atoms with E-state index in [4.69, 9.17) is 14.2 Å². The molecule has 7 heteroatoms. The van der Waals surface area contributed by atoms with E-state index in [-0.39, 0.29) is 12.0 Å². The summed E-state index contributed by atoms with van der Waals surface area (Å²) in [5.74, 6) is -4.53. The Morgan fingerprint density at radius 3 is 1.54 bits per heavy atom. The van der Waals surface area contributed by atoms with Gasteiger partial charge < -0.3 is 14.2 Å². The van der Waals surface area contributed by atoms with Gasteiger partial charge in [0.1, 0.15) is 5.60 Å². The van der Waals surface area contributed by atoms with Gasteiger partial charge in [-0.3, -0.25) is 4.79 Å². The molecule has 0 saturated carbocycles. The Labute approximate surface area is 226 Å². The molecule has 4 rings (SSSR count). The Hall–Kier alpha value is -4.36. The van der Waals surface area contributed by atoms with Gasteiger partial charge >= 0.3 is 5.97 Å². The highest BCUT2D eigenvalue weighted by Crippen LogP contribution is 2.41. The summed E-state index contributed by atoms with van der Waals surface area (Å²) in [5, 5.41) is 0. The Bertz CT molecular complexity index is 1230. The van der Waals surface area contributed by atoms with Crippen molar-refractivity contribution in [2.24, 2.45) is 0 Å². The first-order valence-corrected chi connectivity index (χ1v) is 12.4. The number of rotatable bonds is 12. The highest BCUT2D eigenvalue weighted by Gasteiger charge is 2.47. The third-order valence-electron chi connectivity index (χ3n) is 6.32. The summed E-state index contributed by atoms with van der Waals surface area (Å²) in [6, 6.07) is 35.7. The van der Waals surface area contributed by atoms with E-state index in [0.29, 0.717) is 6.92 Å². The lowest BCUT2D eigenvalue weighted by Gasteiger charge is -2.38. The van der Waals surface area contributed by atoms with Crippen LogP contribution in [0.2, 0.25) is 0 Å². The Balaban J connectivity index is 1.76. The summed E-state index contributed by atoms with van der Waals surface area (Å²) in [6.07, 6.45) is -3.74. The van der Waals surface area contributed by atoms with E-state index in [9.17, 15) is 18.4 Å². The van der Waals surface area contributed by atoms with Crippen LogP contribution >= 0.6 is 0 Å². The zero-order valence-corrected chi connectivity index (χ0v) is 21.3. The Morgan fingerprint density at radius 2 is 1.15 bits per heavy atom. The second-order valence-corrected chi connectivity index (χ2v) is 9.01. The largest absolute Gasteiger partial charge is 0.458 e. The van der Waals surface area contributed by atoms with E-state index in [1.807, 2.05) is 91.0 Å². The van der Waals surface area contributed by atoms with E-state index in [1.165, 1.54) is 12.1 Å². The van der Waals surface area contributed by atoms with Crippen molar-refractivity contribution in [1.29, 1.82) is 0 Å². The molecule has 0 saturated heterocycles. The van der Waals surface area contributed by atoms with Gasteiger partial charge in [0.2, 0.25) is 6.10 Å². The normalized spacial score (nSPS) is 13.2. The van der Waals surface area contributed by atoms with Crippen LogP contribution in [0.4, 0.5) is 8.78 Å². The lowest BCUT2D eigenvalue weighted by Crippen LogP contribution is -2.49. The van der Waals surface area contributed by atoms with Crippen LogP contribution in [0.5, 0.6) is 0 Å². The van der Waals surface area contributed by atoms with Gasteiger partial charge in [0, 0.05) is 6.92 Å². The molecule has 200 valence electrons. The van der Waals surface area contributed by atoms with Crippen molar-refractivity contribution in [2.75, 3.05) is 6.61 Å². The molecule has 4 aromatic rings. The van der Waals surface area contributed by atoms with Crippen molar-refractivity contribution in [3.05, 3.63) is 144 Å². The van der Waals surface area contributed by atoms with Crippen molar-refractivity contribution in [3.63, 3.8) is 0 Å². The number of alkyl halides is 2. The van der Waals surface area contributed by atoms with Crippen LogP contribution in [-0.2, 0) is 24.6 Å². The van der Waals surface area contributed by atoms with Crippen molar-refractivity contribution in [3.8, 4) is 0 Å². The molecule has 0 N–H and O–H groups in total. The van der Waals surface area contributed by atoms with Crippen molar-refractivity contribution >= 4 is 12.4 Å². The molecular formula is C32H28F2O5. The van der Waals surface area contributed by atoms with Crippen LogP contribution < -0.4 is 0 Å². The summed E-state index contributed by atoms with van der Waals surface area (Å²) in [5.41, 5.74) is 1.02. The van der Waals surface area contributed by atoms with Gasteiger partial charge in [-0.25, -0.2) is 13.6 Å². The van der Waals surface area contributed by atoms with Crippen LogP contribution in [0.1, 0.15) is 34.0 Å². The number of carbonyl (C=O) groups is 2. The lowest BCUT2D eigenvalue weighted by molar-refractivity contribution is -0.182. The fraction of sp³-hybridized carbons (Fsp3) is 0.188. The van der Waals surface area contributed by atoms with Crippen LogP contribution in [0, 0.1) is 0 Å². The van der Waals surface area contributed by atoms with Gasteiger partial charge in [0.15, 0.2) is 6.10 Å². The maximum Gasteiger partial charge on any atom is 0.338 e. The van der Waals surface area contributed by atoms with E-state index >= 15 is 0 Å². The van der Waals surface area contributed by atoms with E-state index in [0.717, 1.165) is 16.7 Å². The average molecular weight is 531 g/mol. The van der Waals surface area contributed by atoms with Crippen LogP contribution in [0.3, 0.4) is 0 Å². The quantitative estimate of drug-likeness (QED) is 0.120. The third-order valence-corrected chi connectivity index (χ3v) is 6.32. The second-order valence-electron chi connectivity index (χ2n) is 9.01. The minimum atomic E-state index is -3.56. The molecule has 0 aliphatic carbocycles. The minimum Gasteiger partial charge on any atom is -0.458 e. The number of hydrogen-bond donors (Lipinski definition) is 0. The molecule has 39 heavy (non-hydrogen) atoms. The summed E-state index contributed by atoms with van der Waals surface area (Å²) in [7, 11) is 0.